The van der Waals surface area contributed by atoms with Gasteiger partial charge in [0.25, 0.3) is 0 Å². The highest BCUT2D eigenvalue weighted by molar-refractivity contribution is 5.79. The number of carbonyl (C=O) groups is 3. The molecule has 2 aromatic carbocycles. The quantitative estimate of drug-likeness (QED) is 0.261. The number of nitrogens with zero attached hydrogens (tertiary/aromatic N) is 2. The number of ether oxygens (including phenoxy) is 2. The van der Waals surface area contributed by atoms with Crippen molar-refractivity contribution in [1.82, 2.24) is 9.97 Å². The smallest absolute Gasteiger partial charge is 0.316 e. The number of benzene rings is 2. The molecule has 2 unspecified atom stereocenters. The molecule has 2 aromatic heterocycles. The summed E-state index contributed by atoms with van der Waals surface area (Å²) in [5.41, 5.74) is 2.45. The van der Waals surface area contributed by atoms with Crippen LogP contribution in [0.15, 0.2) is 97.6 Å². The van der Waals surface area contributed by atoms with Gasteiger partial charge in [-0.2, -0.15) is 0 Å². The van der Waals surface area contributed by atoms with Crippen LogP contribution in [0.3, 0.4) is 0 Å². The summed E-state index contributed by atoms with van der Waals surface area (Å²) >= 11 is 0. The lowest BCUT2D eigenvalue weighted by Crippen LogP contribution is -2.21. The SMILES string of the molecule is COC(=O)C(c1ccc(F)cc1)C(O)c1ccncc1.COC(=O)Cc1ccc(F)cc1.O=Cc1ccncc1. The van der Waals surface area contributed by atoms with E-state index in [2.05, 4.69) is 14.7 Å². The van der Waals surface area contributed by atoms with E-state index < -0.39 is 23.8 Å². The molecule has 2 heterocycles. The van der Waals surface area contributed by atoms with Gasteiger partial charge in [-0.3, -0.25) is 24.4 Å². The molecule has 0 aliphatic carbocycles. The van der Waals surface area contributed by atoms with Gasteiger partial charge in [-0.15, -0.1) is 0 Å². The maximum atomic E-state index is 13.0. The average molecular weight is 551 g/mol. The average Bonchev–Trinajstić information content (AvgIpc) is 3.00. The molecule has 0 aliphatic rings. The van der Waals surface area contributed by atoms with Gasteiger partial charge in [0, 0.05) is 30.4 Å². The van der Waals surface area contributed by atoms with Crippen LogP contribution >= 0.6 is 0 Å². The van der Waals surface area contributed by atoms with Crippen LogP contribution in [0, 0.1) is 11.6 Å². The molecule has 0 spiro atoms. The van der Waals surface area contributed by atoms with Gasteiger partial charge < -0.3 is 14.6 Å². The number of aldehydes is 1. The first kappa shape index (κ1) is 31.4. The fourth-order valence-electron chi connectivity index (χ4n) is 3.28. The number of aliphatic hydroxyl groups excluding tert-OH is 1. The Labute approximate surface area is 230 Å². The second kappa shape index (κ2) is 16.9. The van der Waals surface area contributed by atoms with Crippen molar-refractivity contribution in [3.05, 3.63) is 131 Å². The van der Waals surface area contributed by atoms with Gasteiger partial charge >= 0.3 is 11.9 Å². The first-order valence-electron chi connectivity index (χ1n) is 11.9. The molecule has 10 heteroatoms. The maximum Gasteiger partial charge on any atom is 0.316 e. The molecular formula is C30H28F2N2O6. The number of esters is 2. The van der Waals surface area contributed by atoms with Crippen molar-refractivity contribution in [3.8, 4) is 0 Å². The largest absolute Gasteiger partial charge is 0.469 e. The molecule has 4 aromatic rings. The summed E-state index contributed by atoms with van der Waals surface area (Å²) in [7, 11) is 2.57. The van der Waals surface area contributed by atoms with Crippen LogP contribution in [0.25, 0.3) is 0 Å². The molecule has 0 saturated carbocycles. The van der Waals surface area contributed by atoms with E-state index in [0.29, 0.717) is 16.7 Å². The maximum absolute atomic E-state index is 13.0. The minimum absolute atomic E-state index is 0.191. The van der Waals surface area contributed by atoms with Crippen LogP contribution in [0.4, 0.5) is 8.78 Å². The van der Waals surface area contributed by atoms with E-state index >= 15 is 0 Å². The van der Waals surface area contributed by atoms with Crippen molar-refractivity contribution < 1.29 is 37.7 Å². The number of rotatable bonds is 7. The van der Waals surface area contributed by atoms with Gasteiger partial charge in [0.2, 0.25) is 0 Å². The third-order valence-electron chi connectivity index (χ3n) is 5.38. The van der Waals surface area contributed by atoms with Gasteiger partial charge in [-0.05, 0) is 65.2 Å². The molecular weight excluding hydrogens is 522 g/mol. The number of hydrogen-bond acceptors (Lipinski definition) is 8. The third-order valence-corrected chi connectivity index (χ3v) is 5.38. The molecule has 8 nitrogen and oxygen atoms in total. The summed E-state index contributed by atoms with van der Waals surface area (Å²) < 4.78 is 34.5. The number of aromatic nitrogens is 2. The van der Waals surface area contributed by atoms with E-state index in [-0.39, 0.29) is 18.2 Å². The lowest BCUT2D eigenvalue weighted by Gasteiger charge is -2.21. The van der Waals surface area contributed by atoms with Crippen LogP contribution in [-0.4, -0.2) is 47.5 Å². The molecule has 40 heavy (non-hydrogen) atoms. The predicted molar refractivity (Wildman–Crippen MR) is 142 cm³/mol. The van der Waals surface area contributed by atoms with Crippen molar-refractivity contribution >= 4 is 18.2 Å². The number of halogens is 2. The summed E-state index contributed by atoms with van der Waals surface area (Å²) in [5, 5.41) is 10.4. The summed E-state index contributed by atoms with van der Waals surface area (Å²) in [4.78, 5) is 40.2. The fourth-order valence-corrected chi connectivity index (χ4v) is 3.28. The van der Waals surface area contributed by atoms with Gasteiger partial charge in [-0.25, -0.2) is 8.78 Å². The Morgan fingerprint density at radius 3 is 1.73 bits per heavy atom. The summed E-state index contributed by atoms with van der Waals surface area (Å²) in [6, 6.07) is 17.7. The zero-order valence-corrected chi connectivity index (χ0v) is 21.8. The summed E-state index contributed by atoms with van der Waals surface area (Å²) in [5.74, 6) is -2.52. The third kappa shape index (κ3) is 10.5. The van der Waals surface area contributed by atoms with Crippen LogP contribution in [0.1, 0.15) is 39.1 Å². The molecule has 0 bridgehead atoms. The molecule has 0 amide bonds. The zero-order valence-electron chi connectivity index (χ0n) is 21.8. The van der Waals surface area contributed by atoms with Gasteiger partial charge in [-0.1, -0.05) is 24.3 Å². The van der Waals surface area contributed by atoms with Crippen molar-refractivity contribution in [2.24, 2.45) is 0 Å². The minimum Gasteiger partial charge on any atom is -0.469 e. The lowest BCUT2D eigenvalue weighted by atomic mass is 9.89. The Morgan fingerprint density at radius 1 is 0.775 bits per heavy atom. The van der Waals surface area contributed by atoms with Crippen molar-refractivity contribution in [3.63, 3.8) is 0 Å². The van der Waals surface area contributed by atoms with Crippen LogP contribution in [-0.2, 0) is 25.5 Å². The Kier molecular flexibility index (Phi) is 13.3. The van der Waals surface area contributed by atoms with Crippen molar-refractivity contribution in [1.29, 1.82) is 0 Å². The summed E-state index contributed by atoms with van der Waals surface area (Å²) in [6.45, 7) is 0. The molecule has 2 atom stereocenters. The van der Waals surface area contributed by atoms with Crippen molar-refractivity contribution in [2.45, 2.75) is 18.4 Å². The first-order chi connectivity index (χ1) is 19.3. The van der Waals surface area contributed by atoms with Crippen LogP contribution in [0.5, 0.6) is 0 Å². The fraction of sp³-hybridized carbons (Fsp3) is 0.167. The molecule has 0 aliphatic heterocycles. The zero-order chi connectivity index (χ0) is 29.3. The molecule has 0 saturated heterocycles. The van der Waals surface area contributed by atoms with Gasteiger partial charge in [0.1, 0.15) is 23.8 Å². The first-order valence-corrected chi connectivity index (χ1v) is 11.9. The van der Waals surface area contributed by atoms with Crippen LogP contribution in [0.2, 0.25) is 0 Å². The van der Waals surface area contributed by atoms with Gasteiger partial charge in [0.15, 0.2) is 0 Å². The van der Waals surface area contributed by atoms with E-state index in [1.807, 2.05) is 0 Å². The Hall–Kier alpha value is -4.83. The number of carbonyl (C=O) groups excluding carboxylic acids is 3. The number of hydrogen-bond donors (Lipinski definition) is 1. The highest BCUT2D eigenvalue weighted by Gasteiger charge is 2.30. The number of aliphatic hydroxyl groups is 1. The number of pyridine rings is 2. The Bertz CT molecular complexity index is 1320. The second-order valence-corrected chi connectivity index (χ2v) is 8.06. The topological polar surface area (TPSA) is 116 Å². The highest BCUT2D eigenvalue weighted by atomic mass is 19.1. The molecule has 1 N–H and O–H groups in total. The molecule has 0 fully saturated rings. The Balaban J connectivity index is 0.000000236. The van der Waals surface area contributed by atoms with E-state index in [9.17, 15) is 28.3 Å². The Morgan fingerprint density at radius 2 is 1.27 bits per heavy atom. The predicted octanol–water partition coefficient (Wildman–Crippen LogP) is 4.65. The van der Waals surface area contributed by atoms with Crippen LogP contribution < -0.4 is 0 Å². The van der Waals surface area contributed by atoms with Crippen molar-refractivity contribution in [2.75, 3.05) is 14.2 Å². The highest BCUT2D eigenvalue weighted by Crippen LogP contribution is 2.31. The van der Waals surface area contributed by atoms with E-state index in [1.54, 1.807) is 48.8 Å². The second-order valence-electron chi connectivity index (χ2n) is 8.06. The standard InChI is InChI=1S/C15H14FNO3.C9H9FO2.C6H5NO/c1-20-15(19)13(10-2-4-12(16)5-3-10)14(18)11-6-8-17-9-7-11;1-12-9(11)6-7-2-4-8(10)5-3-7;8-5-6-1-3-7-4-2-6/h2-9,13-14,18H,1H3;2-5H,6H2,1H3;1-5H. The molecule has 4 rings (SSSR count). The summed E-state index contributed by atoms with van der Waals surface area (Å²) in [6.07, 6.45) is 6.12. The normalized spacial score (nSPS) is 11.3. The number of methoxy groups -OCH3 is 2. The molecule has 208 valence electrons. The van der Waals surface area contributed by atoms with Gasteiger partial charge in [0.05, 0.1) is 26.7 Å². The van der Waals surface area contributed by atoms with E-state index in [4.69, 9.17) is 4.74 Å². The minimum atomic E-state index is -1.09. The van der Waals surface area contributed by atoms with E-state index in [1.165, 1.54) is 63.0 Å². The molecule has 0 radical (unpaired) electrons. The lowest BCUT2D eigenvalue weighted by molar-refractivity contribution is -0.145. The van der Waals surface area contributed by atoms with E-state index in [0.717, 1.165) is 11.8 Å². The monoisotopic (exact) mass is 550 g/mol.